The minimum absolute atomic E-state index is 0.0289. The first-order valence-electron chi connectivity index (χ1n) is 10.8. The number of amides is 1. The summed E-state index contributed by atoms with van der Waals surface area (Å²) in [6.07, 6.45) is 3.83. The molecule has 2 saturated heterocycles. The Kier molecular flexibility index (Phi) is 5.95. The number of rotatable bonds is 6. The van der Waals surface area contributed by atoms with Crippen molar-refractivity contribution in [2.45, 2.75) is 12.5 Å². The molecule has 3 fully saturated rings. The third-order valence-corrected chi connectivity index (χ3v) is 7.37. The summed E-state index contributed by atoms with van der Waals surface area (Å²) >= 11 is 11.9. The second-order valence-electron chi connectivity index (χ2n) is 8.51. The highest BCUT2D eigenvalue weighted by Crippen LogP contribution is 2.44. The van der Waals surface area contributed by atoms with Crippen LogP contribution in [0.2, 0.25) is 10.0 Å². The van der Waals surface area contributed by atoms with E-state index in [2.05, 4.69) is 27.2 Å². The van der Waals surface area contributed by atoms with Crippen LogP contribution in [0.5, 0.6) is 5.75 Å². The van der Waals surface area contributed by atoms with Crippen molar-refractivity contribution < 1.29 is 13.9 Å². The highest BCUT2D eigenvalue weighted by molar-refractivity contribution is 6.42. The molecule has 176 valence electrons. The molecule has 10 heteroatoms. The Bertz CT molecular complexity index is 1290. The minimum Gasteiger partial charge on any atom is -0.495 e. The van der Waals surface area contributed by atoms with Gasteiger partial charge in [0.1, 0.15) is 17.9 Å². The summed E-state index contributed by atoms with van der Waals surface area (Å²) in [6, 6.07) is 6.95. The Morgan fingerprint density at radius 3 is 2.71 bits per heavy atom. The van der Waals surface area contributed by atoms with Gasteiger partial charge in [0.15, 0.2) is 5.82 Å². The van der Waals surface area contributed by atoms with Crippen LogP contribution in [0.15, 0.2) is 43.2 Å². The number of halogens is 3. The van der Waals surface area contributed by atoms with Crippen molar-refractivity contribution in [3.63, 3.8) is 0 Å². The van der Waals surface area contributed by atoms with Crippen LogP contribution in [0.25, 0.3) is 10.9 Å². The number of fused-ring (bicyclic) bond motifs is 3. The van der Waals surface area contributed by atoms with E-state index in [-0.39, 0.29) is 27.7 Å². The molecule has 3 atom stereocenters. The second-order valence-corrected chi connectivity index (χ2v) is 9.30. The zero-order chi connectivity index (χ0) is 24.0. The molecular weight excluding hydrogens is 480 g/mol. The van der Waals surface area contributed by atoms with Crippen molar-refractivity contribution in [3.8, 4) is 5.75 Å². The summed E-state index contributed by atoms with van der Waals surface area (Å²) in [5.74, 6) is 1.06. The molecule has 2 bridgehead atoms. The number of nitrogens with one attached hydrogen (secondary N) is 2. The van der Waals surface area contributed by atoms with Crippen molar-refractivity contribution in [2.75, 3.05) is 30.8 Å². The van der Waals surface area contributed by atoms with E-state index in [0.717, 1.165) is 12.1 Å². The number of nitrogens with zero attached hydrogens (tertiary/aromatic N) is 3. The molecule has 0 spiro atoms. The topological polar surface area (TPSA) is 79.4 Å². The maximum absolute atomic E-state index is 14.6. The van der Waals surface area contributed by atoms with Gasteiger partial charge < -0.3 is 20.3 Å². The molecule has 0 unspecified atom stereocenters. The Morgan fingerprint density at radius 1 is 1.24 bits per heavy atom. The van der Waals surface area contributed by atoms with Gasteiger partial charge in [-0.3, -0.25) is 4.79 Å². The summed E-state index contributed by atoms with van der Waals surface area (Å²) < 4.78 is 20.2. The van der Waals surface area contributed by atoms with Crippen molar-refractivity contribution in [2.24, 2.45) is 11.8 Å². The average Bonchev–Trinajstić information content (AvgIpc) is 2.86. The van der Waals surface area contributed by atoms with Crippen molar-refractivity contribution in [1.82, 2.24) is 14.9 Å². The first-order chi connectivity index (χ1) is 16.4. The van der Waals surface area contributed by atoms with Gasteiger partial charge in [0.2, 0.25) is 5.91 Å². The predicted octanol–water partition coefficient (Wildman–Crippen LogP) is 5.27. The SMILES string of the molecule is C=CC(=O)N1C[C@H]2C[C@@H](C1)[C@@H]2Nc1cc2c(Nc3ccc(Cl)c(Cl)c3F)ncnc2cc1OC. The molecule has 3 aromatic rings. The summed E-state index contributed by atoms with van der Waals surface area (Å²) in [5, 5.41) is 7.27. The van der Waals surface area contributed by atoms with E-state index >= 15 is 0 Å². The monoisotopic (exact) mass is 501 g/mol. The van der Waals surface area contributed by atoms with E-state index in [0.29, 0.717) is 47.4 Å². The van der Waals surface area contributed by atoms with E-state index in [9.17, 15) is 9.18 Å². The maximum atomic E-state index is 14.6. The van der Waals surface area contributed by atoms with Gasteiger partial charge in [-0.1, -0.05) is 29.8 Å². The van der Waals surface area contributed by atoms with Crippen molar-refractivity contribution in [3.05, 3.63) is 59.1 Å². The molecule has 7 nitrogen and oxygen atoms in total. The van der Waals surface area contributed by atoms with Gasteiger partial charge in [-0.2, -0.15) is 0 Å². The molecule has 0 radical (unpaired) electrons. The Morgan fingerprint density at radius 2 is 2.00 bits per heavy atom. The lowest BCUT2D eigenvalue weighted by atomic mass is 9.66. The number of methoxy groups -OCH3 is 1. The molecule has 3 aliphatic rings. The lowest BCUT2D eigenvalue weighted by molar-refractivity contribution is -0.132. The van der Waals surface area contributed by atoms with Gasteiger partial charge in [0.25, 0.3) is 0 Å². The summed E-state index contributed by atoms with van der Waals surface area (Å²) in [6.45, 7) is 4.98. The number of anilines is 3. The smallest absolute Gasteiger partial charge is 0.245 e. The van der Waals surface area contributed by atoms with Gasteiger partial charge in [0.05, 0.1) is 34.0 Å². The largest absolute Gasteiger partial charge is 0.495 e. The zero-order valence-electron chi connectivity index (χ0n) is 18.3. The van der Waals surface area contributed by atoms with Crippen LogP contribution >= 0.6 is 23.2 Å². The summed E-state index contributed by atoms with van der Waals surface area (Å²) in [7, 11) is 1.60. The number of carbonyl (C=O) groups is 1. The number of piperidine rings is 2. The van der Waals surface area contributed by atoms with E-state index in [1.54, 1.807) is 7.11 Å². The first-order valence-corrected chi connectivity index (χ1v) is 11.6. The van der Waals surface area contributed by atoms with E-state index in [1.807, 2.05) is 17.0 Å². The van der Waals surface area contributed by atoms with Crippen LogP contribution in [0, 0.1) is 17.7 Å². The predicted molar refractivity (Wildman–Crippen MR) is 132 cm³/mol. The van der Waals surface area contributed by atoms with E-state index < -0.39 is 5.82 Å². The molecule has 1 amide bonds. The second kappa shape index (κ2) is 8.92. The fourth-order valence-electron chi connectivity index (χ4n) is 4.83. The van der Waals surface area contributed by atoms with Crippen LogP contribution in [0.3, 0.4) is 0 Å². The molecule has 34 heavy (non-hydrogen) atoms. The zero-order valence-corrected chi connectivity index (χ0v) is 19.8. The number of benzene rings is 2. The molecule has 1 aliphatic carbocycles. The van der Waals surface area contributed by atoms with Gasteiger partial charge in [-0.05, 0) is 42.5 Å². The quantitative estimate of drug-likeness (QED) is 0.353. The lowest BCUT2D eigenvalue weighted by Gasteiger charge is -2.53. The summed E-state index contributed by atoms with van der Waals surface area (Å²) in [4.78, 5) is 22.5. The summed E-state index contributed by atoms with van der Waals surface area (Å²) in [5.41, 5.74) is 1.57. The molecule has 3 heterocycles. The average molecular weight is 502 g/mol. The van der Waals surface area contributed by atoms with Gasteiger partial charge in [-0.25, -0.2) is 14.4 Å². The standard InChI is InChI=1S/C24H22Cl2FN5O2/c1-3-20(33)32-9-12-6-13(10-32)23(12)30-18-7-14-17(8-19(18)34-2)28-11-29-24(14)31-16-5-4-15(25)21(26)22(16)27/h3-5,7-8,11-13,23,30H,1,6,9-10H2,2H3,(H,28,29,31)/t12-,13+,23-. The number of hydrogen-bond donors (Lipinski definition) is 2. The van der Waals surface area contributed by atoms with Crippen molar-refractivity contribution in [1.29, 1.82) is 0 Å². The van der Waals surface area contributed by atoms with E-state index in [4.69, 9.17) is 27.9 Å². The van der Waals surface area contributed by atoms with Crippen LogP contribution < -0.4 is 15.4 Å². The third kappa shape index (κ3) is 3.91. The highest BCUT2D eigenvalue weighted by atomic mass is 35.5. The van der Waals surface area contributed by atoms with Gasteiger partial charge >= 0.3 is 0 Å². The fourth-order valence-corrected chi connectivity index (χ4v) is 5.14. The van der Waals surface area contributed by atoms with Crippen LogP contribution in [-0.2, 0) is 4.79 Å². The number of carbonyl (C=O) groups excluding carboxylic acids is 1. The normalized spacial score (nSPS) is 21.1. The highest BCUT2D eigenvalue weighted by Gasteiger charge is 2.47. The first kappa shape index (κ1) is 22.7. The minimum atomic E-state index is -0.659. The number of aromatic nitrogens is 2. The van der Waals surface area contributed by atoms with Crippen molar-refractivity contribution >= 4 is 57.2 Å². The maximum Gasteiger partial charge on any atom is 0.245 e. The molecule has 1 saturated carbocycles. The Labute approximate surface area is 205 Å². The van der Waals surface area contributed by atoms with Crippen LogP contribution in [0.4, 0.5) is 21.6 Å². The van der Waals surface area contributed by atoms with Crippen LogP contribution in [-0.4, -0.2) is 47.0 Å². The van der Waals surface area contributed by atoms with Gasteiger partial charge in [0, 0.05) is 30.6 Å². The van der Waals surface area contributed by atoms with Crippen LogP contribution in [0.1, 0.15) is 6.42 Å². The number of hydrogen-bond acceptors (Lipinski definition) is 6. The van der Waals surface area contributed by atoms with Gasteiger partial charge in [-0.15, -0.1) is 0 Å². The van der Waals surface area contributed by atoms with E-state index in [1.165, 1.54) is 24.5 Å². The molecule has 2 aliphatic heterocycles. The number of ether oxygens (including phenoxy) is 1. The molecule has 1 aromatic heterocycles. The lowest BCUT2D eigenvalue weighted by Crippen LogP contribution is -2.62. The third-order valence-electron chi connectivity index (χ3n) is 6.58. The Balaban J connectivity index is 1.45. The molecule has 6 rings (SSSR count). The molecular formula is C24H22Cl2FN5O2. The fraction of sp³-hybridized carbons (Fsp3) is 0.292. The Hall–Kier alpha value is -3.10. The molecule has 2 aromatic carbocycles. The molecule has 2 N–H and O–H groups in total.